The fourth-order valence-electron chi connectivity index (χ4n) is 4.24. The molecule has 1 aromatic carbocycles. The molecular formula is C25H25FN4O4. The molecule has 3 aromatic rings. The zero-order valence-electron chi connectivity index (χ0n) is 18.9. The summed E-state index contributed by atoms with van der Waals surface area (Å²) in [5, 5.41) is 9.63. The lowest BCUT2D eigenvalue weighted by Crippen LogP contribution is -2.47. The van der Waals surface area contributed by atoms with E-state index in [1.807, 2.05) is 6.92 Å². The van der Waals surface area contributed by atoms with Crippen molar-refractivity contribution in [2.45, 2.75) is 32.7 Å². The van der Waals surface area contributed by atoms with Gasteiger partial charge in [0.1, 0.15) is 5.82 Å². The first-order valence-corrected chi connectivity index (χ1v) is 11.0. The van der Waals surface area contributed by atoms with E-state index in [0.29, 0.717) is 41.5 Å². The van der Waals surface area contributed by atoms with Gasteiger partial charge in [0.2, 0.25) is 5.88 Å². The van der Waals surface area contributed by atoms with Crippen molar-refractivity contribution >= 4 is 11.9 Å². The molecule has 0 spiro atoms. The van der Waals surface area contributed by atoms with Crippen molar-refractivity contribution in [1.29, 1.82) is 0 Å². The van der Waals surface area contributed by atoms with Crippen LogP contribution in [0.2, 0.25) is 0 Å². The quantitative estimate of drug-likeness (QED) is 0.588. The molecule has 4 rings (SSSR count). The third-order valence-electron chi connectivity index (χ3n) is 6.12. The largest absolute Gasteiger partial charge is 0.478 e. The molecule has 3 heterocycles. The lowest BCUT2D eigenvalue weighted by Gasteiger charge is -2.38. The Hall–Kier alpha value is -3.88. The fraction of sp³-hybridized carbons (Fsp3) is 0.320. The van der Waals surface area contributed by atoms with Gasteiger partial charge >= 0.3 is 5.97 Å². The number of ether oxygens (including phenoxy) is 1. The molecule has 176 valence electrons. The van der Waals surface area contributed by atoms with Crippen molar-refractivity contribution in [3.8, 4) is 17.3 Å². The third-order valence-corrected chi connectivity index (χ3v) is 6.12. The molecule has 2 atom stereocenters. The SMILES string of the molecule is Cc1c(C(=O)O)ccc(-c2ncccn2)c1C(=O)N1C[C@H](COc2ccc(F)cn2)CC[C@H]1C. The molecule has 0 radical (unpaired) electrons. The number of hydrogen-bond donors (Lipinski definition) is 1. The van der Waals surface area contributed by atoms with Crippen LogP contribution in [-0.4, -0.2) is 56.0 Å². The number of nitrogens with zero attached hydrogens (tertiary/aromatic N) is 4. The summed E-state index contributed by atoms with van der Waals surface area (Å²) < 4.78 is 18.8. The summed E-state index contributed by atoms with van der Waals surface area (Å²) in [4.78, 5) is 39.8. The number of piperidine rings is 1. The highest BCUT2D eigenvalue weighted by molar-refractivity contribution is 6.05. The first-order valence-electron chi connectivity index (χ1n) is 11.0. The molecule has 0 bridgehead atoms. The van der Waals surface area contributed by atoms with Gasteiger partial charge in [0.25, 0.3) is 5.91 Å². The van der Waals surface area contributed by atoms with Crippen LogP contribution in [0.3, 0.4) is 0 Å². The van der Waals surface area contributed by atoms with E-state index in [0.717, 1.165) is 19.0 Å². The second kappa shape index (κ2) is 9.94. The number of carboxylic acid groups (broad SMARTS) is 1. The molecule has 1 N–H and O–H groups in total. The van der Waals surface area contributed by atoms with Crippen LogP contribution in [0.4, 0.5) is 4.39 Å². The van der Waals surface area contributed by atoms with E-state index in [1.54, 1.807) is 36.4 Å². The molecule has 1 amide bonds. The Kier molecular flexibility index (Phi) is 6.81. The minimum Gasteiger partial charge on any atom is -0.478 e. The second-order valence-electron chi connectivity index (χ2n) is 8.41. The van der Waals surface area contributed by atoms with Gasteiger partial charge in [-0.15, -0.1) is 0 Å². The van der Waals surface area contributed by atoms with E-state index in [4.69, 9.17) is 4.74 Å². The molecule has 0 unspecified atom stereocenters. The number of rotatable bonds is 6. The van der Waals surface area contributed by atoms with E-state index in [2.05, 4.69) is 15.0 Å². The van der Waals surface area contributed by atoms with Crippen molar-refractivity contribution in [2.24, 2.45) is 5.92 Å². The van der Waals surface area contributed by atoms with Crippen molar-refractivity contribution in [2.75, 3.05) is 13.2 Å². The lowest BCUT2D eigenvalue weighted by molar-refractivity contribution is 0.0502. The minimum atomic E-state index is -1.10. The van der Waals surface area contributed by atoms with E-state index in [1.165, 1.54) is 18.2 Å². The number of hydrogen-bond acceptors (Lipinski definition) is 6. The highest BCUT2D eigenvalue weighted by Crippen LogP contribution is 2.31. The number of aromatic carboxylic acids is 1. The molecular weight excluding hydrogens is 439 g/mol. The summed E-state index contributed by atoms with van der Waals surface area (Å²) in [6, 6.07) is 7.46. The van der Waals surface area contributed by atoms with Gasteiger partial charge in [0.05, 0.1) is 23.9 Å². The Bertz CT molecular complexity index is 1190. The molecule has 8 nitrogen and oxygen atoms in total. The normalized spacial score (nSPS) is 17.9. The smallest absolute Gasteiger partial charge is 0.335 e. The molecule has 1 saturated heterocycles. The van der Waals surface area contributed by atoms with Crippen LogP contribution in [-0.2, 0) is 0 Å². The Morgan fingerprint density at radius 1 is 1.15 bits per heavy atom. The highest BCUT2D eigenvalue weighted by atomic mass is 19.1. The average molecular weight is 464 g/mol. The van der Waals surface area contributed by atoms with Crippen molar-refractivity contribution in [3.63, 3.8) is 0 Å². The van der Waals surface area contributed by atoms with Crippen LogP contribution in [0.5, 0.6) is 5.88 Å². The van der Waals surface area contributed by atoms with Gasteiger partial charge in [0.15, 0.2) is 5.82 Å². The Morgan fingerprint density at radius 2 is 1.91 bits per heavy atom. The Labute approximate surface area is 196 Å². The van der Waals surface area contributed by atoms with Crippen molar-refractivity contribution < 1.29 is 23.8 Å². The standard InChI is InChI=1S/C25H25FN4O4/c1-15-4-5-17(14-34-21-9-6-18(26)12-29-21)13-30(15)24(31)22-16(2)19(25(32)33)7-8-20(22)23-27-10-3-11-28-23/h3,6-12,15,17H,4-5,13-14H2,1-2H3,(H,32,33)/t15-,17-/m1/s1. The van der Waals surface area contributed by atoms with Crippen LogP contribution in [0, 0.1) is 18.7 Å². The zero-order chi connectivity index (χ0) is 24.2. The molecule has 1 aliphatic heterocycles. The van der Waals surface area contributed by atoms with Crippen LogP contribution >= 0.6 is 0 Å². The molecule has 0 saturated carbocycles. The average Bonchev–Trinajstić information content (AvgIpc) is 2.84. The Morgan fingerprint density at radius 3 is 2.59 bits per heavy atom. The summed E-state index contributed by atoms with van der Waals surface area (Å²) in [5.41, 5.74) is 1.23. The predicted octanol–water partition coefficient (Wildman–Crippen LogP) is 4.00. The van der Waals surface area contributed by atoms with Gasteiger partial charge < -0.3 is 14.7 Å². The number of benzene rings is 1. The van der Waals surface area contributed by atoms with E-state index in [-0.39, 0.29) is 23.4 Å². The molecule has 9 heteroatoms. The van der Waals surface area contributed by atoms with E-state index >= 15 is 0 Å². The summed E-state index contributed by atoms with van der Waals surface area (Å²) in [5.74, 6) is -1.07. The number of likely N-dealkylation sites (tertiary alicyclic amines) is 1. The second-order valence-corrected chi connectivity index (χ2v) is 8.41. The van der Waals surface area contributed by atoms with Gasteiger partial charge in [-0.25, -0.2) is 24.1 Å². The highest BCUT2D eigenvalue weighted by Gasteiger charge is 2.33. The first-order chi connectivity index (χ1) is 16.3. The van der Waals surface area contributed by atoms with E-state index in [9.17, 15) is 19.1 Å². The number of carbonyl (C=O) groups is 2. The van der Waals surface area contributed by atoms with Crippen LogP contribution < -0.4 is 4.74 Å². The summed E-state index contributed by atoms with van der Waals surface area (Å²) >= 11 is 0. The number of halogens is 1. The predicted molar refractivity (Wildman–Crippen MR) is 122 cm³/mol. The van der Waals surface area contributed by atoms with Gasteiger partial charge in [-0.05, 0) is 56.5 Å². The van der Waals surface area contributed by atoms with Crippen molar-refractivity contribution in [3.05, 3.63) is 71.4 Å². The molecule has 34 heavy (non-hydrogen) atoms. The van der Waals surface area contributed by atoms with Gasteiger partial charge in [0, 0.05) is 42.5 Å². The summed E-state index contributed by atoms with van der Waals surface area (Å²) in [7, 11) is 0. The molecule has 0 aliphatic carbocycles. The van der Waals surface area contributed by atoms with Gasteiger partial charge in [-0.1, -0.05) is 0 Å². The number of pyridine rings is 1. The van der Waals surface area contributed by atoms with Crippen LogP contribution in [0.15, 0.2) is 48.9 Å². The monoisotopic (exact) mass is 464 g/mol. The fourth-order valence-corrected chi connectivity index (χ4v) is 4.24. The maximum Gasteiger partial charge on any atom is 0.335 e. The Balaban J connectivity index is 1.61. The summed E-state index contributed by atoms with van der Waals surface area (Å²) in [6.45, 7) is 4.38. The number of amides is 1. The summed E-state index contributed by atoms with van der Waals surface area (Å²) in [6.07, 6.45) is 5.88. The maximum atomic E-state index is 13.8. The molecule has 2 aromatic heterocycles. The van der Waals surface area contributed by atoms with Gasteiger partial charge in [-0.3, -0.25) is 4.79 Å². The molecule has 1 fully saturated rings. The number of carbonyl (C=O) groups excluding carboxylic acids is 1. The first kappa shape index (κ1) is 23.3. The minimum absolute atomic E-state index is 0.0369. The third kappa shape index (κ3) is 4.88. The van der Waals surface area contributed by atoms with Gasteiger partial charge in [-0.2, -0.15) is 0 Å². The topological polar surface area (TPSA) is 106 Å². The zero-order valence-corrected chi connectivity index (χ0v) is 18.9. The molecule has 1 aliphatic rings. The maximum absolute atomic E-state index is 13.8. The number of carboxylic acids is 1. The van der Waals surface area contributed by atoms with Crippen molar-refractivity contribution in [1.82, 2.24) is 19.9 Å². The van der Waals surface area contributed by atoms with Crippen LogP contribution in [0.25, 0.3) is 11.4 Å². The van der Waals surface area contributed by atoms with Crippen LogP contribution in [0.1, 0.15) is 46.0 Å². The lowest BCUT2D eigenvalue weighted by atomic mass is 9.90. The van der Waals surface area contributed by atoms with E-state index < -0.39 is 11.8 Å². The number of aromatic nitrogens is 3.